The molecule has 0 saturated heterocycles. The normalized spacial score (nSPS) is 20.4. The van der Waals surface area contributed by atoms with Gasteiger partial charge in [0.15, 0.2) is 11.5 Å². The van der Waals surface area contributed by atoms with Gasteiger partial charge >= 0.3 is 0 Å². The first-order valence-electron chi connectivity index (χ1n) is 12.3. The van der Waals surface area contributed by atoms with E-state index < -0.39 is 0 Å². The van der Waals surface area contributed by atoms with Crippen LogP contribution in [-0.4, -0.2) is 19.9 Å². The number of rotatable bonds is 7. The highest BCUT2D eigenvalue weighted by Gasteiger charge is 2.37. The molecule has 4 nitrogen and oxygen atoms in total. The van der Waals surface area contributed by atoms with E-state index in [-0.39, 0.29) is 6.04 Å². The molecule has 0 amide bonds. The molecule has 1 N–H and O–H groups in total. The zero-order valence-corrected chi connectivity index (χ0v) is 21.2. The zero-order valence-electron chi connectivity index (χ0n) is 20.4. The Morgan fingerprint density at radius 2 is 1.94 bits per heavy atom. The fraction of sp³-hybridized carbons (Fsp3) is 0.300. The van der Waals surface area contributed by atoms with Gasteiger partial charge in [-0.2, -0.15) is 0 Å². The molecule has 0 bridgehead atoms. The summed E-state index contributed by atoms with van der Waals surface area (Å²) >= 11 is 6.45. The maximum absolute atomic E-state index is 6.45. The van der Waals surface area contributed by atoms with Gasteiger partial charge in [0.25, 0.3) is 0 Å². The lowest BCUT2D eigenvalue weighted by molar-refractivity contribution is 0.294. The van der Waals surface area contributed by atoms with Gasteiger partial charge in [0, 0.05) is 17.8 Å². The molecule has 0 aromatic heterocycles. The second kappa shape index (κ2) is 10.2. The Balaban J connectivity index is 1.34. The number of nitrogens with one attached hydrogen (secondary N) is 1. The summed E-state index contributed by atoms with van der Waals surface area (Å²) < 4.78 is 11.2. The molecule has 3 aromatic carbocycles. The largest absolute Gasteiger partial charge is 0.493 e. The van der Waals surface area contributed by atoms with Crippen molar-refractivity contribution in [2.24, 2.45) is 10.9 Å². The van der Waals surface area contributed by atoms with Crippen molar-refractivity contribution in [2.45, 2.75) is 38.6 Å². The number of hydrogen-bond acceptors (Lipinski definition) is 4. The molecule has 1 aliphatic heterocycles. The average molecular weight is 487 g/mol. The van der Waals surface area contributed by atoms with E-state index in [0.29, 0.717) is 35.0 Å². The number of anilines is 1. The van der Waals surface area contributed by atoms with Crippen molar-refractivity contribution in [1.82, 2.24) is 0 Å². The maximum atomic E-state index is 6.45. The van der Waals surface area contributed by atoms with E-state index in [4.69, 9.17) is 21.1 Å². The van der Waals surface area contributed by atoms with Crippen molar-refractivity contribution in [1.29, 1.82) is 0 Å². The lowest BCUT2D eigenvalue weighted by Gasteiger charge is -2.37. The van der Waals surface area contributed by atoms with Crippen molar-refractivity contribution in [2.75, 3.05) is 19.0 Å². The molecule has 0 unspecified atom stereocenters. The SMILES string of the molecule is CCCOc1c(Cl)cc(C=Nc2ccc([C@@H]3Nc4ccc(C)cc4[C@H]4C=CC[C@H]43)cc2)cc1OC. The van der Waals surface area contributed by atoms with Gasteiger partial charge in [0.05, 0.1) is 30.5 Å². The van der Waals surface area contributed by atoms with Gasteiger partial charge in [-0.1, -0.05) is 60.5 Å². The third kappa shape index (κ3) is 4.81. The fourth-order valence-corrected chi connectivity index (χ4v) is 5.39. The van der Waals surface area contributed by atoms with E-state index in [9.17, 15) is 0 Å². The molecule has 2 aliphatic rings. The number of methoxy groups -OCH3 is 1. The predicted molar refractivity (Wildman–Crippen MR) is 145 cm³/mol. The van der Waals surface area contributed by atoms with Crippen molar-refractivity contribution in [3.8, 4) is 11.5 Å². The molecule has 1 heterocycles. The summed E-state index contributed by atoms with van der Waals surface area (Å²) in [6.07, 6.45) is 8.52. The van der Waals surface area contributed by atoms with Crippen molar-refractivity contribution >= 4 is 29.2 Å². The molecule has 5 heteroatoms. The van der Waals surface area contributed by atoms with Crippen LogP contribution in [0.2, 0.25) is 5.02 Å². The van der Waals surface area contributed by atoms with E-state index in [1.165, 1.54) is 22.4 Å². The minimum atomic E-state index is 0.280. The van der Waals surface area contributed by atoms with Crippen molar-refractivity contribution < 1.29 is 9.47 Å². The fourth-order valence-electron chi connectivity index (χ4n) is 5.12. The van der Waals surface area contributed by atoms with Gasteiger partial charge in [0.2, 0.25) is 0 Å². The van der Waals surface area contributed by atoms with Crippen LogP contribution < -0.4 is 14.8 Å². The van der Waals surface area contributed by atoms with Gasteiger partial charge in [-0.3, -0.25) is 4.99 Å². The number of aryl methyl sites for hydroxylation is 1. The van der Waals surface area contributed by atoms with E-state index in [1.54, 1.807) is 13.3 Å². The molecule has 5 rings (SSSR count). The number of fused-ring (bicyclic) bond motifs is 3. The van der Waals surface area contributed by atoms with Crippen LogP contribution >= 0.6 is 11.6 Å². The highest BCUT2D eigenvalue weighted by Crippen LogP contribution is 2.50. The first-order valence-corrected chi connectivity index (χ1v) is 12.6. The number of ether oxygens (including phenoxy) is 2. The van der Waals surface area contributed by atoms with Crippen LogP contribution in [0.5, 0.6) is 11.5 Å². The van der Waals surface area contributed by atoms with Gasteiger partial charge < -0.3 is 14.8 Å². The summed E-state index contributed by atoms with van der Waals surface area (Å²) in [5.74, 6) is 2.19. The average Bonchev–Trinajstić information content (AvgIpc) is 3.37. The molecule has 35 heavy (non-hydrogen) atoms. The number of nitrogens with zero attached hydrogens (tertiary/aromatic N) is 1. The van der Waals surface area contributed by atoms with E-state index >= 15 is 0 Å². The second-order valence-corrected chi connectivity index (χ2v) is 9.71. The van der Waals surface area contributed by atoms with Crippen LogP contribution in [0.15, 0.2) is 71.7 Å². The summed E-state index contributed by atoms with van der Waals surface area (Å²) in [5, 5.41) is 4.33. The summed E-state index contributed by atoms with van der Waals surface area (Å²) in [6, 6.07) is 19.3. The molecule has 1 aliphatic carbocycles. The van der Waals surface area contributed by atoms with Crippen LogP contribution in [0.3, 0.4) is 0 Å². The number of halogens is 1. The van der Waals surface area contributed by atoms with Gasteiger partial charge in [-0.25, -0.2) is 0 Å². The number of hydrogen-bond donors (Lipinski definition) is 1. The standard InChI is InChI=1S/C30H31ClN2O2/c1-4-14-35-30-26(31)16-20(17-28(30)34-3)18-32-22-11-9-21(10-12-22)29-24-7-5-6-23(24)25-15-19(2)8-13-27(25)33-29/h5-6,8-13,15-18,23-24,29,33H,4,7,14H2,1-3H3/t23-,24+,29-/m0/s1. The summed E-state index contributed by atoms with van der Waals surface area (Å²) in [7, 11) is 1.62. The molecule has 0 fully saturated rings. The highest BCUT2D eigenvalue weighted by molar-refractivity contribution is 6.32. The molecule has 0 radical (unpaired) electrons. The highest BCUT2D eigenvalue weighted by atomic mass is 35.5. The Labute approximate surface area is 212 Å². The monoisotopic (exact) mass is 486 g/mol. The summed E-state index contributed by atoms with van der Waals surface area (Å²) in [4.78, 5) is 4.67. The summed E-state index contributed by atoms with van der Waals surface area (Å²) in [6.45, 7) is 4.81. The first kappa shape index (κ1) is 23.5. The Kier molecular flexibility index (Phi) is 6.83. The lowest BCUT2D eigenvalue weighted by atomic mass is 9.76. The first-order chi connectivity index (χ1) is 17.1. The Hall–Kier alpha value is -3.24. The second-order valence-electron chi connectivity index (χ2n) is 9.30. The van der Waals surface area contributed by atoms with Crippen molar-refractivity contribution in [3.63, 3.8) is 0 Å². The van der Waals surface area contributed by atoms with Gasteiger partial charge in [-0.15, -0.1) is 0 Å². The van der Waals surface area contributed by atoms with Crippen molar-refractivity contribution in [3.05, 3.63) is 94.0 Å². The van der Waals surface area contributed by atoms with Crippen LogP contribution in [0, 0.1) is 12.8 Å². The lowest BCUT2D eigenvalue weighted by Crippen LogP contribution is -2.29. The number of allylic oxidation sites excluding steroid dienone is 2. The van der Waals surface area contributed by atoms with Crippen LogP contribution in [0.25, 0.3) is 0 Å². The molecule has 3 aromatic rings. The third-order valence-electron chi connectivity index (χ3n) is 6.84. The Morgan fingerprint density at radius 3 is 2.71 bits per heavy atom. The number of benzene rings is 3. The molecule has 0 spiro atoms. The van der Waals surface area contributed by atoms with Crippen LogP contribution in [-0.2, 0) is 0 Å². The molecular formula is C30H31ClN2O2. The zero-order chi connectivity index (χ0) is 24.4. The minimum Gasteiger partial charge on any atom is -0.493 e. The summed E-state index contributed by atoms with van der Waals surface area (Å²) in [5.41, 5.74) is 7.01. The Morgan fingerprint density at radius 1 is 1.11 bits per heavy atom. The molecule has 180 valence electrons. The minimum absolute atomic E-state index is 0.280. The predicted octanol–water partition coefficient (Wildman–Crippen LogP) is 8.02. The number of aliphatic imine (C=N–C) groups is 1. The van der Waals surface area contributed by atoms with Crippen LogP contribution in [0.1, 0.15) is 54.0 Å². The van der Waals surface area contributed by atoms with Gasteiger partial charge in [0.1, 0.15) is 0 Å². The van der Waals surface area contributed by atoms with Crippen LogP contribution in [0.4, 0.5) is 11.4 Å². The molecular weight excluding hydrogens is 456 g/mol. The Bertz CT molecular complexity index is 1270. The quantitative estimate of drug-likeness (QED) is 0.271. The van der Waals surface area contributed by atoms with E-state index in [0.717, 1.165) is 24.1 Å². The maximum Gasteiger partial charge on any atom is 0.179 e. The van der Waals surface area contributed by atoms with Gasteiger partial charge in [-0.05, 0) is 72.7 Å². The smallest absolute Gasteiger partial charge is 0.179 e. The third-order valence-corrected chi connectivity index (χ3v) is 7.12. The molecule has 3 atom stereocenters. The van der Waals surface area contributed by atoms with E-state index in [1.807, 2.05) is 12.1 Å². The molecule has 0 saturated carbocycles. The van der Waals surface area contributed by atoms with E-state index in [2.05, 4.69) is 78.8 Å². The topological polar surface area (TPSA) is 42.8 Å².